The van der Waals surface area contributed by atoms with E-state index in [1.807, 2.05) is 0 Å². The topological polar surface area (TPSA) is 157 Å². The number of rotatable bonds is 37. The van der Waals surface area contributed by atoms with Crippen LogP contribution in [0.15, 0.2) is 0 Å². The van der Waals surface area contributed by atoms with Crippen LogP contribution in [0, 0.1) is 0 Å². The Morgan fingerprint density at radius 3 is 1.35 bits per heavy atom. The first-order valence-corrected chi connectivity index (χ1v) is 22.7. The van der Waals surface area contributed by atoms with Gasteiger partial charge in [-0.1, -0.05) is 174 Å². The molecule has 0 unspecified atom stereocenters. The van der Waals surface area contributed by atoms with Gasteiger partial charge in [0.05, 0.1) is 6.61 Å². The van der Waals surface area contributed by atoms with Gasteiger partial charge in [0.1, 0.15) is 24.4 Å². The van der Waals surface area contributed by atoms with Crippen LogP contribution >= 0.6 is 0 Å². The number of nitrogens with zero attached hydrogens (tertiary/aromatic N) is 1. The van der Waals surface area contributed by atoms with Gasteiger partial charge in [0.2, 0.25) is 11.8 Å². The highest BCUT2D eigenvalue weighted by Crippen LogP contribution is 2.26. The van der Waals surface area contributed by atoms with Crippen molar-refractivity contribution < 1.29 is 39.5 Å². The third kappa shape index (κ3) is 24.7. The van der Waals surface area contributed by atoms with Crippen LogP contribution in [0.4, 0.5) is 0 Å². The van der Waals surface area contributed by atoms with Crippen LogP contribution in [0.5, 0.6) is 0 Å². The number of aliphatic hydroxyl groups is 3. The molecular formula is C44H84N2O8. The summed E-state index contributed by atoms with van der Waals surface area (Å²) in [5, 5.41) is 43.7. The zero-order chi connectivity index (χ0) is 39.7. The Morgan fingerprint density at radius 2 is 0.926 bits per heavy atom. The molecule has 0 aliphatic carbocycles. The van der Waals surface area contributed by atoms with Crippen LogP contribution in [0.2, 0.25) is 0 Å². The lowest BCUT2D eigenvalue weighted by Gasteiger charge is -2.47. The van der Waals surface area contributed by atoms with E-state index < -0.39 is 43.2 Å². The SMILES string of the molecule is CCCCCCCCCCCCCCCCCC(=O)N(CCCCCCCCCCCC)[C@@H]1O[C@H](CO)[C@H](O)[C@H](O)[C@@H]1NC(=O)CCCCCCC(=O)O. The molecule has 2 amide bonds. The van der Waals surface area contributed by atoms with Crippen molar-refractivity contribution in [2.75, 3.05) is 13.2 Å². The monoisotopic (exact) mass is 769 g/mol. The van der Waals surface area contributed by atoms with Gasteiger partial charge >= 0.3 is 5.97 Å². The molecule has 0 bridgehead atoms. The van der Waals surface area contributed by atoms with Gasteiger partial charge in [0.25, 0.3) is 0 Å². The number of aliphatic carboxylic acids is 1. The molecule has 0 radical (unpaired) electrons. The Kier molecular flexibility index (Phi) is 32.1. The molecule has 0 aromatic heterocycles. The number of nitrogens with one attached hydrogen (secondary N) is 1. The number of unbranched alkanes of at least 4 members (excludes halogenated alkanes) is 26. The molecule has 1 aliphatic rings. The van der Waals surface area contributed by atoms with Crippen LogP contribution in [0.3, 0.4) is 0 Å². The molecule has 0 aromatic carbocycles. The zero-order valence-electron chi connectivity index (χ0n) is 34.8. The highest BCUT2D eigenvalue weighted by atomic mass is 16.5. The molecule has 1 aliphatic heterocycles. The molecule has 0 saturated carbocycles. The summed E-state index contributed by atoms with van der Waals surface area (Å²) in [6.07, 6.45) is 28.4. The number of hydrogen-bond donors (Lipinski definition) is 5. The van der Waals surface area contributed by atoms with Gasteiger partial charge in [0.15, 0.2) is 6.23 Å². The molecule has 0 spiro atoms. The Hall–Kier alpha value is -1.75. The summed E-state index contributed by atoms with van der Waals surface area (Å²) >= 11 is 0. The van der Waals surface area contributed by atoms with Crippen molar-refractivity contribution in [1.29, 1.82) is 0 Å². The van der Waals surface area contributed by atoms with E-state index in [1.54, 1.807) is 4.90 Å². The van der Waals surface area contributed by atoms with Gasteiger partial charge < -0.3 is 35.4 Å². The molecule has 1 fully saturated rings. The van der Waals surface area contributed by atoms with E-state index in [0.29, 0.717) is 38.6 Å². The van der Waals surface area contributed by atoms with Crippen molar-refractivity contribution in [2.24, 2.45) is 0 Å². The van der Waals surface area contributed by atoms with Crippen molar-refractivity contribution in [3.05, 3.63) is 0 Å². The van der Waals surface area contributed by atoms with E-state index >= 15 is 0 Å². The number of ether oxygens (including phenoxy) is 1. The third-order valence-corrected chi connectivity index (χ3v) is 11.1. The van der Waals surface area contributed by atoms with E-state index in [9.17, 15) is 29.7 Å². The van der Waals surface area contributed by atoms with Crippen molar-refractivity contribution in [1.82, 2.24) is 10.2 Å². The summed E-state index contributed by atoms with van der Waals surface area (Å²) < 4.78 is 6.14. The molecule has 1 rings (SSSR count). The highest BCUT2D eigenvalue weighted by molar-refractivity contribution is 5.78. The van der Waals surface area contributed by atoms with Gasteiger partial charge in [0, 0.05) is 25.8 Å². The summed E-state index contributed by atoms with van der Waals surface area (Å²) in [5.41, 5.74) is 0. The Bertz CT molecular complexity index is 921. The van der Waals surface area contributed by atoms with Crippen LogP contribution in [0.1, 0.15) is 219 Å². The van der Waals surface area contributed by atoms with Crippen molar-refractivity contribution >= 4 is 17.8 Å². The van der Waals surface area contributed by atoms with Crippen molar-refractivity contribution in [2.45, 2.75) is 250 Å². The van der Waals surface area contributed by atoms with E-state index in [0.717, 1.165) is 44.9 Å². The molecule has 54 heavy (non-hydrogen) atoms. The van der Waals surface area contributed by atoms with Gasteiger partial charge in [-0.15, -0.1) is 0 Å². The summed E-state index contributed by atoms with van der Waals surface area (Å²) in [7, 11) is 0. The van der Waals surface area contributed by atoms with E-state index in [2.05, 4.69) is 19.2 Å². The fourth-order valence-electron chi connectivity index (χ4n) is 7.65. The van der Waals surface area contributed by atoms with Crippen LogP contribution in [0.25, 0.3) is 0 Å². The van der Waals surface area contributed by atoms with Crippen LogP contribution in [-0.2, 0) is 19.1 Å². The number of aliphatic hydroxyl groups excluding tert-OH is 3. The molecule has 5 atom stereocenters. The molecule has 1 saturated heterocycles. The largest absolute Gasteiger partial charge is 0.481 e. The van der Waals surface area contributed by atoms with Gasteiger partial charge in [-0.05, 0) is 25.7 Å². The lowest BCUT2D eigenvalue weighted by molar-refractivity contribution is -0.231. The second kappa shape index (κ2) is 34.5. The van der Waals surface area contributed by atoms with Gasteiger partial charge in [-0.25, -0.2) is 0 Å². The second-order valence-electron chi connectivity index (χ2n) is 16.1. The number of amides is 2. The molecule has 10 nitrogen and oxygen atoms in total. The van der Waals surface area contributed by atoms with Gasteiger partial charge in [-0.3, -0.25) is 14.4 Å². The fourth-order valence-corrected chi connectivity index (χ4v) is 7.65. The maximum atomic E-state index is 13.9. The minimum Gasteiger partial charge on any atom is -0.481 e. The molecule has 1 heterocycles. The first-order chi connectivity index (χ1) is 26.3. The predicted octanol–water partition coefficient (Wildman–Crippen LogP) is 9.35. The zero-order valence-corrected chi connectivity index (χ0v) is 34.8. The summed E-state index contributed by atoms with van der Waals surface area (Å²) in [4.78, 5) is 39.4. The molecule has 318 valence electrons. The van der Waals surface area contributed by atoms with E-state index in [-0.39, 0.29) is 24.7 Å². The standard InChI is InChI=1S/C44H84N2O8/c1-3-5-7-9-11-13-15-16-17-18-19-20-22-24-29-33-39(49)46(35-31-27-23-21-14-12-10-8-6-4-2)44-41(43(53)42(52)37(36-47)54-44)45-38(48)32-28-25-26-30-34-40(50)51/h37,41-44,47,52-53H,3-36H2,1-2H3,(H,45,48)(H,50,51)/t37-,41+,42+,43-,44-/m1/s1. The summed E-state index contributed by atoms with van der Waals surface area (Å²) in [6, 6.07) is -1.05. The Morgan fingerprint density at radius 1 is 0.537 bits per heavy atom. The highest BCUT2D eigenvalue weighted by Gasteiger charge is 2.48. The number of hydrogen-bond acceptors (Lipinski definition) is 7. The number of carbonyl (C=O) groups excluding carboxylic acids is 2. The summed E-state index contributed by atoms with van der Waals surface area (Å²) in [6.45, 7) is 4.38. The average molecular weight is 769 g/mol. The number of carboxylic acid groups (broad SMARTS) is 1. The summed E-state index contributed by atoms with van der Waals surface area (Å²) in [5.74, 6) is -1.25. The maximum Gasteiger partial charge on any atom is 0.303 e. The first-order valence-electron chi connectivity index (χ1n) is 22.7. The Balaban J connectivity index is 2.71. The lowest BCUT2D eigenvalue weighted by atomic mass is 9.94. The number of carbonyl (C=O) groups is 3. The first kappa shape index (κ1) is 50.3. The second-order valence-corrected chi connectivity index (χ2v) is 16.1. The smallest absolute Gasteiger partial charge is 0.303 e. The fraction of sp³-hybridized carbons (Fsp3) is 0.932. The molecule has 0 aromatic rings. The normalized spacial score (nSPS) is 19.9. The maximum absolute atomic E-state index is 13.9. The van der Waals surface area contributed by atoms with Crippen molar-refractivity contribution in [3.63, 3.8) is 0 Å². The van der Waals surface area contributed by atoms with Gasteiger partial charge in [-0.2, -0.15) is 0 Å². The average Bonchev–Trinajstić information content (AvgIpc) is 3.15. The lowest BCUT2D eigenvalue weighted by Crippen LogP contribution is -2.68. The minimum absolute atomic E-state index is 0.0939. The van der Waals surface area contributed by atoms with Crippen LogP contribution < -0.4 is 5.32 Å². The van der Waals surface area contributed by atoms with Crippen LogP contribution in [-0.4, -0.2) is 86.8 Å². The minimum atomic E-state index is -1.42. The quantitative estimate of drug-likeness (QED) is 0.0392. The number of carboxylic acids is 1. The third-order valence-electron chi connectivity index (χ3n) is 11.1. The van der Waals surface area contributed by atoms with E-state index in [1.165, 1.54) is 116 Å². The predicted molar refractivity (Wildman–Crippen MR) is 218 cm³/mol. The molecule has 10 heteroatoms. The van der Waals surface area contributed by atoms with Crippen molar-refractivity contribution in [3.8, 4) is 0 Å². The van der Waals surface area contributed by atoms with E-state index in [4.69, 9.17) is 9.84 Å². The molecule has 5 N–H and O–H groups in total. The Labute approximate surface area is 330 Å². The molecular weight excluding hydrogens is 684 g/mol.